The van der Waals surface area contributed by atoms with Gasteiger partial charge < -0.3 is 15.0 Å². The maximum Gasteiger partial charge on any atom is 0.225 e. The summed E-state index contributed by atoms with van der Waals surface area (Å²) in [5.41, 5.74) is 0. The summed E-state index contributed by atoms with van der Waals surface area (Å²) >= 11 is 5.89. The zero-order chi connectivity index (χ0) is 14.4. The molecule has 1 aliphatic rings. The minimum absolute atomic E-state index is 0. The van der Waals surface area contributed by atoms with Gasteiger partial charge in [-0.15, -0.1) is 12.4 Å². The average molecular weight is 333 g/mol. The number of hydrogen-bond donors (Lipinski definition) is 1. The molecule has 0 spiro atoms. The van der Waals surface area contributed by atoms with Gasteiger partial charge in [-0.3, -0.25) is 4.79 Å². The highest BCUT2D eigenvalue weighted by molar-refractivity contribution is 6.30. The van der Waals surface area contributed by atoms with Crippen LogP contribution in [0.3, 0.4) is 0 Å². The largest absolute Gasteiger partial charge is 0.492 e. The third-order valence-corrected chi connectivity index (χ3v) is 3.79. The number of likely N-dealkylation sites (N-methyl/N-ethyl adjacent to an activating group) is 1. The Morgan fingerprint density at radius 2 is 2.14 bits per heavy atom. The van der Waals surface area contributed by atoms with Gasteiger partial charge in [0.15, 0.2) is 0 Å². The average Bonchev–Trinajstić information content (AvgIpc) is 2.47. The van der Waals surface area contributed by atoms with Crippen LogP contribution < -0.4 is 10.1 Å². The first-order valence-electron chi connectivity index (χ1n) is 7.01. The lowest BCUT2D eigenvalue weighted by molar-refractivity contribution is -0.135. The quantitative estimate of drug-likeness (QED) is 0.901. The summed E-state index contributed by atoms with van der Waals surface area (Å²) in [6.07, 6.45) is 1.86. The summed E-state index contributed by atoms with van der Waals surface area (Å²) < 4.78 is 5.60. The topological polar surface area (TPSA) is 41.6 Å². The Morgan fingerprint density at radius 3 is 2.81 bits per heavy atom. The number of carbonyl (C=O) groups is 1. The molecule has 21 heavy (non-hydrogen) atoms. The molecule has 0 aromatic heterocycles. The zero-order valence-corrected chi connectivity index (χ0v) is 13.8. The number of ether oxygens (including phenoxy) is 1. The van der Waals surface area contributed by atoms with Crippen molar-refractivity contribution >= 4 is 29.9 Å². The highest BCUT2D eigenvalue weighted by Gasteiger charge is 2.23. The SMILES string of the molecule is CN(CCOc1cccc(Cl)c1)C(=O)C1CCNCC1.Cl. The number of piperidine rings is 1. The standard InChI is InChI=1S/C15H21ClN2O2.ClH/c1-18(15(19)12-5-7-17-8-6-12)9-10-20-14-4-2-3-13(16)11-14;/h2-4,11-12,17H,5-10H2,1H3;1H. The Labute approximate surface area is 137 Å². The molecule has 0 unspecified atom stereocenters. The second-order valence-electron chi connectivity index (χ2n) is 5.09. The Bertz CT molecular complexity index is 451. The maximum atomic E-state index is 12.2. The summed E-state index contributed by atoms with van der Waals surface area (Å²) in [5, 5.41) is 3.92. The number of hydrogen-bond acceptors (Lipinski definition) is 3. The summed E-state index contributed by atoms with van der Waals surface area (Å²) in [4.78, 5) is 14.0. The van der Waals surface area contributed by atoms with Crippen LogP contribution in [-0.4, -0.2) is 44.1 Å². The minimum atomic E-state index is 0. The number of nitrogens with one attached hydrogen (secondary N) is 1. The molecule has 1 saturated heterocycles. The van der Waals surface area contributed by atoms with Crippen LogP contribution >= 0.6 is 24.0 Å². The molecule has 2 rings (SSSR count). The first kappa shape index (κ1) is 18.1. The summed E-state index contributed by atoms with van der Waals surface area (Å²) in [5.74, 6) is 1.12. The van der Waals surface area contributed by atoms with Crippen LogP contribution in [0.2, 0.25) is 5.02 Å². The van der Waals surface area contributed by atoms with E-state index in [1.54, 1.807) is 17.0 Å². The van der Waals surface area contributed by atoms with Crippen LogP contribution in [0.4, 0.5) is 0 Å². The van der Waals surface area contributed by atoms with Gasteiger partial charge in [-0.2, -0.15) is 0 Å². The number of amides is 1. The Morgan fingerprint density at radius 1 is 1.43 bits per heavy atom. The second kappa shape index (κ2) is 9.13. The molecule has 6 heteroatoms. The minimum Gasteiger partial charge on any atom is -0.492 e. The smallest absolute Gasteiger partial charge is 0.225 e. The number of carbonyl (C=O) groups excluding carboxylic acids is 1. The van der Waals surface area contributed by atoms with E-state index in [9.17, 15) is 4.79 Å². The lowest BCUT2D eigenvalue weighted by Gasteiger charge is -2.26. The molecule has 1 fully saturated rings. The van der Waals surface area contributed by atoms with Crippen molar-refractivity contribution in [2.45, 2.75) is 12.8 Å². The lowest BCUT2D eigenvalue weighted by Crippen LogP contribution is -2.40. The van der Waals surface area contributed by atoms with Crippen LogP contribution in [0, 0.1) is 5.92 Å². The van der Waals surface area contributed by atoms with Gasteiger partial charge in [-0.1, -0.05) is 17.7 Å². The van der Waals surface area contributed by atoms with E-state index in [0.29, 0.717) is 18.2 Å². The molecular weight excluding hydrogens is 311 g/mol. The molecule has 0 radical (unpaired) electrons. The van der Waals surface area contributed by atoms with Gasteiger partial charge in [-0.25, -0.2) is 0 Å². The third-order valence-electron chi connectivity index (χ3n) is 3.56. The summed E-state index contributed by atoms with van der Waals surface area (Å²) in [7, 11) is 1.84. The van der Waals surface area contributed by atoms with Gasteiger partial charge in [0.05, 0.1) is 6.54 Å². The predicted octanol–water partition coefficient (Wildman–Crippen LogP) is 2.60. The van der Waals surface area contributed by atoms with E-state index in [1.165, 1.54) is 0 Å². The van der Waals surface area contributed by atoms with Gasteiger partial charge in [-0.05, 0) is 44.1 Å². The van der Waals surface area contributed by atoms with Crippen LogP contribution in [-0.2, 0) is 4.79 Å². The fraction of sp³-hybridized carbons (Fsp3) is 0.533. The second-order valence-corrected chi connectivity index (χ2v) is 5.53. The van der Waals surface area contributed by atoms with Crippen molar-refractivity contribution in [3.05, 3.63) is 29.3 Å². The van der Waals surface area contributed by atoms with Gasteiger partial charge in [0, 0.05) is 18.0 Å². The van der Waals surface area contributed by atoms with Gasteiger partial charge >= 0.3 is 0 Å². The molecule has 0 atom stereocenters. The molecule has 0 saturated carbocycles. The predicted molar refractivity (Wildman–Crippen MR) is 87.4 cm³/mol. The number of rotatable bonds is 5. The first-order valence-corrected chi connectivity index (χ1v) is 7.38. The molecule has 4 nitrogen and oxygen atoms in total. The van der Waals surface area contributed by atoms with E-state index in [1.807, 2.05) is 19.2 Å². The first-order chi connectivity index (χ1) is 9.66. The Balaban J connectivity index is 0.00000220. The summed E-state index contributed by atoms with van der Waals surface area (Å²) in [6.45, 7) is 2.94. The van der Waals surface area contributed by atoms with Crippen LogP contribution in [0.25, 0.3) is 0 Å². The van der Waals surface area contributed by atoms with E-state index < -0.39 is 0 Å². The van der Waals surface area contributed by atoms with Crippen molar-refractivity contribution in [3.8, 4) is 5.75 Å². The van der Waals surface area contributed by atoms with Crippen molar-refractivity contribution in [1.29, 1.82) is 0 Å². The number of halogens is 2. The van der Waals surface area contributed by atoms with Crippen molar-refractivity contribution in [2.75, 3.05) is 33.3 Å². The van der Waals surface area contributed by atoms with E-state index in [2.05, 4.69) is 5.32 Å². The normalized spacial score (nSPS) is 15.1. The fourth-order valence-electron chi connectivity index (χ4n) is 2.35. The molecule has 1 aromatic rings. The maximum absolute atomic E-state index is 12.2. The number of benzene rings is 1. The zero-order valence-electron chi connectivity index (χ0n) is 12.2. The van der Waals surface area contributed by atoms with Gasteiger partial charge in [0.1, 0.15) is 12.4 Å². The van der Waals surface area contributed by atoms with Crippen molar-refractivity contribution in [2.24, 2.45) is 5.92 Å². The van der Waals surface area contributed by atoms with Crippen LogP contribution in [0.15, 0.2) is 24.3 Å². The van der Waals surface area contributed by atoms with Gasteiger partial charge in [0.25, 0.3) is 0 Å². The molecule has 1 aliphatic heterocycles. The molecule has 0 aliphatic carbocycles. The highest BCUT2D eigenvalue weighted by Crippen LogP contribution is 2.17. The molecule has 0 bridgehead atoms. The van der Waals surface area contributed by atoms with Crippen LogP contribution in [0.5, 0.6) is 5.75 Å². The van der Waals surface area contributed by atoms with Crippen LogP contribution in [0.1, 0.15) is 12.8 Å². The molecule has 1 aromatic carbocycles. The van der Waals surface area contributed by atoms with E-state index in [-0.39, 0.29) is 24.2 Å². The number of nitrogens with zero attached hydrogens (tertiary/aromatic N) is 1. The monoisotopic (exact) mass is 332 g/mol. The molecule has 1 heterocycles. The Kier molecular flexibility index (Phi) is 7.86. The van der Waals surface area contributed by atoms with E-state index in [4.69, 9.17) is 16.3 Å². The molecular formula is C15H22Cl2N2O2. The molecule has 1 amide bonds. The summed E-state index contributed by atoms with van der Waals surface area (Å²) in [6, 6.07) is 7.29. The van der Waals surface area contributed by atoms with Crippen molar-refractivity contribution in [1.82, 2.24) is 10.2 Å². The molecule has 1 N–H and O–H groups in total. The Hall–Kier alpha value is -0.970. The fourth-order valence-corrected chi connectivity index (χ4v) is 2.53. The third kappa shape index (κ3) is 5.73. The van der Waals surface area contributed by atoms with E-state index in [0.717, 1.165) is 31.7 Å². The lowest BCUT2D eigenvalue weighted by atomic mass is 9.97. The van der Waals surface area contributed by atoms with Crippen molar-refractivity contribution < 1.29 is 9.53 Å². The molecule has 118 valence electrons. The highest BCUT2D eigenvalue weighted by atomic mass is 35.5. The van der Waals surface area contributed by atoms with E-state index >= 15 is 0 Å². The van der Waals surface area contributed by atoms with Gasteiger partial charge in [0.2, 0.25) is 5.91 Å². The van der Waals surface area contributed by atoms with Crippen molar-refractivity contribution in [3.63, 3.8) is 0 Å².